The lowest BCUT2D eigenvalue weighted by Gasteiger charge is -2.08. The highest BCUT2D eigenvalue weighted by molar-refractivity contribution is 9.10. The fourth-order valence-corrected chi connectivity index (χ4v) is 1.54. The first-order chi connectivity index (χ1) is 6.88. The van der Waals surface area contributed by atoms with Gasteiger partial charge in [-0.25, -0.2) is 0 Å². The van der Waals surface area contributed by atoms with Crippen molar-refractivity contribution in [2.45, 2.75) is 12.7 Å². The van der Waals surface area contributed by atoms with Crippen molar-refractivity contribution in [1.29, 1.82) is 0 Å². The first kappa shape index (κ1) is 12.8. The van der Waals surface area contributed by atoms with Crippen LogP contribution in [0.3, 0.4) is 0 Å². The zero-order valence-electron chi connectivity index (χ0n) is 7.54. The first-order valence-electron chi connectivity index (χ1n) is 4.10. The van der Waals surface area contributed by atoms with Crippen LogP contribution >= 0.6 is 27.5 Å². The molecule has 1 N–H and O–H groups in total. The summed E-state index contributed by atoms with van der Waals surface area (Å²) in [7, 11) is 0. The van der Waals surface area contributed by atoms with Gasteiger partial charge in [0.2, 0.25) is 0 Å². The molecule has 0 saturated carbocycles. The molecule has 0 aliphatic heterocycles. The molecule has 1 nitrogen and oxygen atoms in total. The van der Waals surface area contributed by atoms with E-state index < -0.39 is 12.7 Å². The molecule has 0 aliphatic carbocycles. The van der Waals surface area contributed by atoms with Crippen LogP contribution in [0, 0.1) is 0 Å². The van der Waals surface area contributed by atoms with Gasteiger partial charge in [-0.15, -0.1) is 0 Å². The highest BCUT2D eigenvalue weighted by Gasteiger charge is 2.25. The third-order valence-electron chi connectivity index (χ3n) is 1.64. The predicted octanol–water partition coefficient (Wildman–Crippen LogP) is 3.75. The van der Waals surface area contributed by atoms with E-state index in [1.807, 2.05) is 0 Å². The van der Waals surface area contributed by atoms with Crippen LogP contribution in [0.15, 0.2) is 22.7 Å². The largest absolute Gasteiger partial charge is 0.401 e. The van der Waals surface area contributed by atoms with Crippen molar-refractivity contribution < 1.29 is 13.2 Å². The van der Waals surface area contributed by atoms with Crippen LogP contribution < -0.4 is 5.32 Å². The molecule has 0 amide bonds. The highest BCUT2D eigenvalue weighted by atomic mass is 79.9. The van der Waals surface area contributed by atoms with Crippen LogP contribution in [-0.2, 0) is 6.54 Å². The Morgan fingerprint density at radius 3 is 2.53 bits per heavy atom. The van der Waals surface area contributed by atoms with Crippen LogP contribution in [0.4, 0.5) is 13.2 Å². The summed E-state index contributed by atoms with van der Waals surface area (Å²) in [5, 5.41) is 2.84. The monoisotopic (exact) mass is 301 g/mol. The standard InChI is InChI=1S/C9H8BrClF3N/c10-7-3-6(1-2-8(7)11)4-15-5-9(12,13)14/h1-3,15H,4-5H2. The molecule has 6 heteroatoms. The van der Waals surface area contributed by atoms with Gasteiger partial charge in [0.15, 0.2) is 0 Å². The van der Waals surface area contributed by atoms with Gasteiger partial charge < -0.3 is 5.32 Å². The minimum atomic E-state index is -4.18. The van der Waals surface area contributed by atoms with Gasteiger partial charge in [-0.1, -0.05) is 17.7 Å². The van der Waals surface area contributed by atoms with E-state index >= 15 is 0 Å². The number of benzene rings is 1. The number of rotatable bonds is 3. The summed E-state index contributed by atoms with van der Waals surface area (Å²) in [5.41, 5.74) is 0.746. The Balaban J connectivity index is 2.48. The molecule has 1 rings (SSSR count). The molecule has 0 aromatic heterocycles. The molecule has 0 saturated heterocycles. The van der Waals surface area contributed by atoms with Gasteiger partial charge >= 0.3 is 6.18 Å². The Hall–Kier alpha value is -0.260. The summed E-state index contributed by atoms with van der Waals surface area (Å²) in [6, 6.07) is 5.00. The van der Waals surface area contributed by atoms with E-state index in [1.54, 1.807) is 18.2 Å². The van der Waals surface area contributed by atoms with Crippen molar-refractivity contribution in [3.05, 3.63) is 33.3 Å². The third-order valence-corrected chi connectivity index (χ3v) is 2.85. The van der Waals surface area contributed by atoms with Crippen molar-refractivity contribution >= 4 is 27.5 Å². The van der Waals surface area contributed by atoms with E-state index in [0.717, 1.165) is 5.56 Å². The van der Waals surface area contributed by atoms with Gasteiger partial charge in [-0.3, -0.25) is 0 Å². The lowest BCUT2D eigenvalue weighted by Crippen LogP contribution is -2.28. The van der Waals surface area contributed by atoms with Crippen LogP contribution in [0.5, 0.6) is 0 Å². The molecule has 0 bridgehead atoms. The van der Waals surface area contributed by atoms with Gasteiger partial charge in [0.25, 0.3) is 0 Å². The molecule has 84 valence electrons. The van der Waals surface area contributed by atoms with E-state index in [0.29, 0.717) is 9.50 Å². The topological polar surface area (TPSA) is 12.0 Å². The Bertz CT molecular complexity index is 341. The second kappa shape index (κ2) is 5.18. The summed E-state index contributed by atoms with van der Waals surface area (Å²) in [5.74, 6) is 0. The van der Waals surface area contributed by atoms with Crippen LogP contribution in [-0.4, -0.2) is 12.7 Å². The molecule has 1 aromatic carbocycles. The van der Waals surface area contributed by atoms with Crippen molar-refractivity contribution in [2.75, 3.05) is 6.54 Å². The van der Waals surface area contributed by atoms with Gasteiger partial charge in [-0.05, 0) is 33.6 Å². The van der Waals surface area contributed by atoms with Crippen LogP contribution in [0.25, 0.3) is 0 Å². The highest BCUT2D eigenvalue weighted by Crippen LogP contribution is 2.23. The van der Waals surface area contributed by atoms with Gasteiger partial charge in [0.1, 0.15) is 0 Å². The van der Waals surface area contributed by atoms with Crippen LogP contribution in [0.1, 0.15) is 5.56 Å². The molecule has 0 unspecified atom stereocenters. The molecule has 0 aliphatic rings. The summed E-state index contributed by atoms with van der Waals surface area (Å²) in [4.78, 5) is 0. The Labute approximate surface area is 98.7 Å². The van der Waals surface area contributed by atoms with Crippen molar-refractivity contribution in [3.8, 4) is 0 Å². The molecule has 0 spiro atoms. The lowest BCUT2D eigenvalue weighted by molar-refractivity contribution is -0.125. The number of hydrogen-bond donors (Lipinski definition) is 1. The van der Waals surface area contributed by atoms with Crippen molar-refractivity contribution in [1.82, 2.24) is 5.32 Å². The quantitative estimate of drug-likeness (QED) is 0.896. The van der Waals surface area contributed by atoms with Gasteiger partial charge in [0, 0.05) is 11.0 Å². The zero-order chi connectivity index (χ0) is 11.5. The van der Waals surface area contributed by atoms with E-state index in [2.05, 4.69) is 21.2 Å². The normalized spacial score (nSPS) is 11.8. The lowest BCUT2D eigenvalue weighted by atomic mass is 10.2. The SMILES string of the molecule is FC(F)(F)CNCc1ccc(Cl)c(Br)c1. The molecule has 15 heavy (non-hydrogen) atoms. The summed E-state index contributed by atoms with van der Waals surface area (Å²) in [6.45, 7) is -0.831. The average Bonchev–Trinajstić information content (AvgIpc) is 2.09. The fraction of sp³-hybridized carbons (Fsp3) is 0.333. The third kappa shape index (κ3) is 4.86. The maximum Gasteiger partial charge on any atom is 0.401 e. The summed E-state index contributed by atoms with van der Waals surface area (Å²) < 4.78 is 36.1. The number of nitrogens with one attached hydrogen (secondary N) is 1. The van der Waals surface area contributed by atoms with Crippen molar-refractivity contribution in [3.63, 3.8) is 0 Å². The maximum atomic E-state index is 11.8. The van der Waals surface area contributed by atoms with E-state index in [9.17, 15) is 13.2 Å². The number of halogens is 5. The molecule has 0 heterocycles. The van der Waals surface area contributed by atoms with Gasteiger partial charge in [-0.2, -0.15) is 13.2 Å². The maximum absolute atomic E-state index is 11.8. The fourth-order valence-electron chi connectivity index (χ4n) is 0.998. The summed E-state index contributed by atoms with van der Waals surface area (Å²) >= 11 is 8.94. The molecule has 0 radical (unpaired) electrons. The number of hydrogen-bond acceptors (Lipinski definition) is 1. The van der Waals surface area contributed by atoms with Gasteiger partial charge in [0.05, 0.1) is 11.6 Å². The molecular formula is C9H8BrClF3N. The molecule has 1 aromatic rings. The average molecular weight is 303 g/mol. The Kier molecular flexibility index (Phi) is 4.43. The minimum absolute atomic E-state index is 0.162. The second-order valence-electron chi connectivity index (χ2n) is 2.97. The molecular weight excluding hydrogens is 294 g/mol. The van der Waals surface area contributed by atoms with Crippen molar-refractivity contribution in [2.24, 2.45) is 0 Å². The summed E-state index contributed by atoms with van der Waals surface area (Å²) in [6.07, 6.45) is -4.18. The number of alkyl halides is 3. The minimum Gasteiger partial charge on any atom is -0.305 e. The molecule has 0 fully saturated rings. The second-order valence-corrected chi connectivity index (χ2v) is 4.23. The zero-order valence-corrected chi connectivity index (χ0v) is 9.88. The Morgan fingerprint density at radius 2 is 2.00 bits per heavy atom. The van der Waals surface area contributed by atoms with E-state index in [-0.39, 0.29) is 6.54 Å². The first-order valence-corrected chi connectivity index (χ1v) is 5.27. The van der Waals surface area contributed by atoms with E-state index in [1.165, 1.54) is 0 Å². The Morgan fingerprint density at radius 1 is 1.33 bits per heavy atom. The predicted molar refractivity (Wildman–Crippen MR) is 56.9 cm³/mol. The van der Waals surface area contributed by atoms with Crippen LogP contribution in [0.2, 0.25) is 5.02 Å². The smallest absolute Gasteiger partial charge is 0.305 e. The van der Waals surface area contributed by atoms with E-state index in [4.69, 9.17) is 11.6 Å². The molecule has 0 atom stereocenters.